The van der Waals surface area contributed by atoms with Crippen molar-refractivity contribution in [3.63, 3.8) is 0 Å². The van der Waals surface area contributed by atoms with Crippen LogP contribution in [0.4, 0.5) is 0 Å². The molecular formula is C8H15NO4. The lowest BCUT2D eigenvalue weighted by Crippen LogP contribution is -2.36. The van der Waals surface area contributed by atoms with Crippen molar-refractivity contribution in [3.8, 4) is 0 Å². The number of rotatable bonds is 4. The van der Waals surface area contributed by atoms with Crippen molar-refractivity contribution in [2.45, 2.75) is 12.5 Å². The molecule has 0 aliphatic carbocycles. The minimum Gasteiger partial charge on any atom is -0.468 e. The normalized spacial score (nSPS) is 22.7. The van der Waals surface area contributed by atoms with Gasteiger partial charge in [0.25, 0.3) is 0 Å². The van der Waals surface area contributed by atoms with Gasteiger partial charge in [-0.1, -0.05) is 0 Å². The first-order valence-electron chi connectivity index (χ1n) is 4.30. The van der Waals surface area contributed by atoms with Crippen LogP contribution in [0.25, 0.3) is 0 Å². The fourth-order valence-electron chi connectivity index (χ4n) is 1.07. The maximum Gasteiger partial charge on any atom is 0.319 e. The molecular weight excluding hydrogens is 174 g/mol. The number of nitrogens with one attached hydrogen (secondary N) is 1. The first-order valence-corrected chi connectivity index (χ1v) is 4.30. The summed E-state index contributed by atoms with van der Waals surface area (Å²) in [6.07, 6.45) is 1.02. The highest BCUT2D eigenvalue weighted by Gasteiger charge is 2.13. The van der Waals surface area contributed by atoms with Gasteiger partial charge in [0.1, 0.15) is 6.79 Å². The summed E-state index contributed by atoms with van der Waals surface area (Å²) >= 11 is 0. The number of hydrogen-bond donors (Lipinski definition) is 1. The number of methoxy groups -OCH3 is 1. The standard InChI is InChI=1S/C8H15NO4/c1-11-8(10)5-9-4-7-2-3-12-6-13-7/h7,9H,2-6H2,1H3. The average molecular weight is 189 g/mol. The van der Waals surface area contributed by atoms with Gasteiger partial charge in [-0.05, 0) is 6.42 Å². The zero-order chi connectivity index (χ0) is 9.52. The van der Waals surface area contributed by atoms with Crippen molar-refractivity contribution < 1.29 is 19.0 Å². The predicted molar refractivity (Wildman–Crippen MR) is 45.2 cm³/mol. The van der Waals surface area contributed by atoms with Gasteiger partial charge in [0.05, 0.1) is 26.4 Å². The molecule has 1 fully saturated rings. The molecule has 13 heavy (non-hydrogen) atoms. The molecule has 0 aromatic heterocycles. The predicted octanol–water partition coefficient (Wildman–Crippen LogP) is -0.488. The van der Waals surface area contributed by atoms with Gasteiger partial charge in [-0.2, -0.15) is 0 Å². The van der Waals surface area contributed by atoms with Gasteiger partial charge in [0.2, 0.25) is 0 Å². The van der Waals surface area contributed by atoms with Crippen LogP contribution in [0, 0.1) is 0 Å². The first-order chi connectivity index (χ1) is 6.33. The Bertz CT molecular complexity index is 156. The van der Waals surface area contributed by atoms with E-state index in [4.69, 9.17) is 9.47 Å². The van der Waals surface area contributed by atoms with Gasteiger partial charge in [0.15, 0.2) is 0 Å². The van der Waals surface area contributed by atoms with Crippen molar-refractivity contribution in [2.24, 2.45) is 0 Å². The molecule has 1 N–H and O–H groups in total. The fourth-order valence-corrected chi connectivity index (χ4v) is 1.07. The van der Waals surface area contributed by atoms with Gasteiger partial charge in [-0.15, -0.1) is 0 Å². The summed E-state index contributed by atoms with van der Waals surface area (Å²) in [4.78, 5) is 10.7. The van der Waals surface area contributed by atoms with E-state index in [-0.39, 0.29) is 18.6 Å². The number of esters is 1. The number of carbonyl (C=O) groups excluding carboxylic acids is 1. The lowest BCUT2D eigenvalue weighted by Gasteiger charge is -2.22. The highest BCUT2D eigenvalue weighted by Crippen LogP contribution is 2.03. The van der Waals surface area contributed by atoms with Gasteiger partial charge >= 0.3 is 5.97 Å². The molecule has 1 aliphatic rings. The average Bonchev–Trinajstić information content (AvgIpc) is 2.19. The van der Waals surface area contributed by atoms with Crippen LogP contribution in [0.3, 0.4) is 0 Å². The van der Waals surface area contributed by atoms with Crippen molar-refractivity contribution in [1.82, 2.24) is 5.32 Å². The van der Waals surface area contributed by atoms with E-state index >= 15 is 0 Å². The molecule has 0 aromatic rings. The lowest BCUT2D eigenvalue weighted by molar-refractivity contribution is -0.142. The van der Waals surface area contributed by atoms with Crippen LogP contribution in [0.1, 0.15) is 6.42 Å². The molecule has 0 saturated carbocycles. The summed E-state index contributed by atoms with van der Waals surface area (Å²) in [7, 11) is 1.37. The Balaban J connectivity index is 2.01. The Labute approximate surface area is 77.3 Å². The number of ether oxygens (including phenoxy) is 3. The Morgan fingerprint density at radius 1 is 1.69 bits per heavy atom. The Kier molecular flexibility index (Phi) is 4.74. The fraction of sp³-hybridized carbons (Fsp3) is 0.875. The van der Waals surface area contributed by atoms with Crippen LogP contribution in [0.2, 0.25) is 0 Å². The maximum absolute atomic E-state index is 10.7. The molecule has 1 unspecified atom stereocenters. The van der Waals surface area contributed by atoms with Gasteiger partial charge < -0.3 is 19.5 Å². The van der Waals surface area contributed by atoms with Crippen LogP contribution >= 0.6 is 0 Å². The Morgan fingerprint density at radius 2 is 2.54 bits per heavy atom. The maximum atomic E-state index is 10.7. The minimum absolute atomic E-state index is 0.151. The third-order valence-electron chi connectivity index (χ3n) is 1.84. The zero-order valence-corrected chi connectivity index (χ0v) is 7.75. The summed E-state index contributed by atoms with van der Waals surface area (Å²) in [5.41, 5.74) is 0. The summed E-state index contributed by atoms with van der Waals surface area (Å²) in [5.74, 6) is -0.257. The van der Waals surface area contributed by atoms with Crippen LogP contribution in [0.5, 0.6) is 0 Å². The first kappa shape index (κ1) is 10.4. The Hall–Kier alpha value is -0.650. The van der Waals surface area contributed by atoms with Crippen LogP contribution in [-0.2, 0) is 19.0 Å². The molecule has 5 nitrogen and oxygen atoms in total. The van der Waals surface area contributed by atoms with Gasteiger partial charge in [-0.25, -0.2) is 0 Å². The third-order valence-corrected chi connectivity index (χ3v) is 1.84. The molecule has 0 bridgehead atoms. The monoisotopic (exact) mass is 189 g/mol. The van der Waals surface area contributed by atoms with Gasteiger partial charge in [0, 0.05) is 6.54 Å². The molecule has 1 aliphatic heterocycles. The van der Waals surface area contributed by atoms with Crippen molar-refractivity contribution in [1.29, 1.82) is 0 Å². The molecule has 1 saturated heterocycles. The quantitative estimate of drug-likeness (QED) is 0.605. The van der Waals surface area contributed by atoms with Crippen molar-refractivity contribution in [2.75, 3.05) is 33.6 Å². The SMILES string of the molecule is COC(=O)CNCC1CCOCO1. The van der Waals surface area contributed by atoms with E-state index in [2.05, 4.69) is 10.1 Å². The molecule has 0 spiro atoms. The van der Waals surface area contributed by atoms with E-state index in [0.717, 1.165) is 13.0 Å². The topological polar surface area (TPSA) is 56.8 Å². The summed E-state index contributed by atoms with van der Waals surface area (Å²) in [6.45, 7) is 1.98. The van der Waals surface area contributed by atoms with E-state index in [1.165, 1.54) is 7.11 Å². The third kappa shape index (κ3) is 4.21. The summed E-state index contributed by atoms with van der Waals surface area (Å²) in [5, 5.41) is 2.95. The molecule has 1 atom stereocenters. The second kappa shape index (κ2) is 5.90. The zero-order valence-electron chi connectivity index (χ0n) is 7.75. The van der Waals surface area contributed by atoms with Crippen LogP contribution in [-0.4, -0.2) is 45.7 Å². The summed E-state index contributed by atoms with van der Waals surface area (Å²) < 4.78 is 14.7. The second-order valence-corrected chi connectivity index (χ2v) is 2.81. The van der Waals surface area contributed by atoms with E-state index in [0.29, 0.717) is 13.3 Å². The Morgan fingerprint density at radius 3 is 3.15 bits per heavy atom. The van der Waals surface area contributed by atoms with E-state index < -0.39 is 0 Å². The molecule has 0 radical (unpaired) electrons. The molecule has 0 amide bonds. The summed E-state index contributed by atoms with van der Waals surface area (Å²) in [6, 6.07) is 0. The molecule has 5 heteroatoms. The van der Waals surface area contributed by atoms with Crippen molar-refractivity contribution in [3.05, 3.63) is 0 Å². The molecule has 0 aromatic carbocycles. The van der Waals surface area contributed by atoms with E-state index in [1.54, 1.807) is 0 Å². The molecule has 1 rings (SSSR count). The van der Waals surface area contributed by atoms with Gasteiger partial charge in [-0.3, -0.25) is 4.79 Å². The van der Waals surface area contributed by atoms with Crippen molar-refractivity contribution >= 4 is 5.97 Å². The minimum atomic E-state index is -0.257. The van der Waals surface area contributed by atoms with Crippen LogP contribution in [0.15, 0.2) is 0 Å². The largest absolute Gasteiger partial charge is 0.468 e. The van der Waals surface area contributed by atoms with E-state index in [9.17, 15) is 4.79 Å². The molecule has 76 valence electrons. The molecule has 1 heterocycles. The lowest BCUT2D eigenvalue weighted by atomic mass is 10.2. The highest BCUT2D eigenvalue weighted by molar-refractivity contribution is 5.71. The number of hydrogen-bond acceptors (Lipinski definition) is 5. The highest BCUT2D eigenvalue weighted by atomic mass is 16.7. The van der Waals surface area contributed by atoms with E-state index in [1.807, 2.05) is 0 Å². The smallest absolute Gasteiger partial charge is 0.319 e. The van der Waals surface area contributed by atoms with Crippen LogP contribution < -0.4 is 5.32 Å². The second-order valence-electron chi connectivity index (χ2n) is 2.81. The number of carbonyl (C=O) groups is 1.